The normalized spacial score (nSPS) is 29.6. The number of rotatable bonds is 3. The van der Waals surface area contributed by atoms with Crippen molar-refractivity contribution < 1.29 is 4.74 Å². The quantitative estimate of drug-likeness (QED) is 0.485. The lowest BCUT2D eigenvalue weighted by Crippen LogP contribution is -2.19. The molecule has 2 fully saturated rings. The lowest BCUT2D eigenvalue weighted by molar-refractivity contribution is 0.115. The molecule has 26 heavy (non-hydrogen) atoms. The molecule has 1 nitrogen and oxygen atoms in total. The van der Waals surface area contributed by atoms with E-state index in [9.17, 15) is 0 Å². The maximum Gasteiger partial charge on any atom is 0.0700 e. The average Bonchev–Trinajstić information content (AvgIpc) is 2.69. The van der Waals surface area contributed by atoms with Gasteiger partial charge in [0.05, 0.1) is 14.3 Å². The minimum atomic E-state index is 0.755. The van der Waals surface area contributed by atoms with Crippen molar-refractivity contribution in [2.24, 2.45) is 5.92 Å². The molecule has 0 bridgehead atoms. The van der Waals surface area contributed by atoms with E-state index in [1.165, 1.54) is 109 Å². The highest BCUT2D eigenvalue weighted by Crippen LogP contribution is 2.27. The van der Waals surface area contributed by atoms with E-state index >= 15 is 0 Å². The Morgan fingerprint density at radius 1 is 0.500 bits per heavy atom. The van der Waals surface area contributed by atoms with Gasteiger partial charge in [-0.1, -0.05) is 115 Å². The smallest absolute Gasteiger partial charge is 0.0700 e. The number of hydrogen-bond donors (Lipinski definition) is 0. The van der Waals surface area contributed by atoms with E-state index in [-0.39, 0.29) is 0 Å². The summed E-state index contributed by atoms with van der Waals surface area (Å²) in [5.74, 6) is 2.45. The van der Waals surface area contributed by atoms with Crippen molar-refractivity contribution in [1.29, 1.82) is 0 Å². The number of ether oxygens (including phenoxy) is 1. The van der Waals surface area contributed by atoms with E-state index in [0.717, 1.165) is 30.8 Å². The van der Waals surface area contributed by atoms with Crippen LogP contribution < -0.4 is 0 Å². The van der Waals surface area contributed by atoms with Crippen molar-refractivity contribution in [3.05, 3.63) is 0 Å². The van der Waals surface area contributed by atoms with Gasteiger partial charge in [-0.15, -0.1) is 0 Å². The van der Waals surface area contributed by atoms with Crippen LogP contribution in [0.2, 0.25) is 11.6 Å². The van der Waals surface area contributed by atoms with Crippen LogP contribution in [0.5, 0.6) is 0 Å². The van der Waals surface area contributed by atoms with Crippen molar-refractivity contribution in [3.63, 3.8) is 0 Å². The van der Waals surface area contributed by atoms with Crippen LogP contribution in [0.1, 0.15) is 116 Å². The van der Waals surface area contributed by atoms with E-state index in [4.69, 9.17) is 4.74 Å². The van der Waals surface area contributed by atoms with Crippen LogP contribution >= 0.6 is 0 Å². The molecule has 0 aromatic heterocycles. The fourth-order valence-electron chi connectivity index (χ4n) is 4.70. The maximum absolute atomic E-state index is 5.95. The van der Waals surface area contributed by atoms with Gasteiger partial charge in [0.2, 0.25) is 0 Å². The minimum absolute atomic E-state index is 0.755. The van der Waals surface area contributed by atoms with Gasteiger partial charge < -0.3 is 4.74 Å². The summed E-state index contributed by atoms with van der Waals surface area (Å²) in [6.07, 6.45) is 24.1. The second-order valence-electron chi connectivity index (χ2n) is 9.24. The van der Waals surface area contributed by atoms with Crippen LogP contribution in [0.4, 0.5) is 0 Å². The molecule has 0 aromatic rings. The SMILES string of the molecule is CC1CCCCC[C@H]([B][B]C2CCCCCCCCCC2)CCOCC1. The van der Waals surface area contributed by atoms with Crippen LogP contribution in [0.3, 0.4) is 0 Å². The molecule has 2 atom stereocenters. The van der Waals surface area contributed by atoms with Gasteiger partial charge in [-0.25, -0.2) is 0 Å². The third kappa shape index (κ3) is 11.1. The molecule has 148 valence electrons. The van der Waals surface area contributed by atoms with Crippen molar-refractivity contribution in [2.75, 3.05) is 13.2 Å². The van der Waals surface area contributed by atoms with Crippen LogP contribution in [-0.2, 0) is 4.74 Å². The first-order valence-corrected chi connectivity index (χ1v) is 12.1. The van der Waals surface area contributed by atoms with Gasteiger partial charge in [0.15, 0.2) is 0 Å². The van der Waals surface area contributed by atoms with Crippen molar-refractivity contribution >= 4 is 14.3 Å². The van der Waals surface area contributed by atoms with Gasteiger partial charge in [-0.3, -0.25) is 0 Å². The van der Waals surface area contributed by atoms with E-state index in [1.54, 1.807) is 0 Å². The van der Waals surface area contributed by atoms with E-state index in [1.807, 2.05) is 0 Å². The summed E-state index contributed by atoms with van der Waals surface area (Å²) in [5.41, 5.74) is 0. The zero-order chi connectivity index (χ0) is 18.3. The first-order valence-electron chi connectivity index (χ1n) is 12.1. The summed E-state index contributed by atoms with van der Waals surface area (Å²) < 4.78 is 5.95. The van der Waals surface area contributed by atoms with Crippen LogP contribution in [0.25, 0.3) is 0 Å². The molecule has 1 heterocycles. The highest BCUT2D eigenvalue weighted by molar-refractivity contribution is 7.01. The Hall–Kier alpha value is 0.0899. The third-order valence-corrected chi connectivity index (χ3v) is 6.72. The summed E-state index contributed by atoms with van der Waals surface area (Å²) in [6.45, 7) is 4.33. The summed E-state index contributed by atoms with van der Waals surface area (Å²) in [5, 5.41) is 0. The van der Waals surface area contributed by atoms with E-state index in [0.29, 0.717) is 0 Å². The molecule has 1 unspecified atom stereocenters. The highest BCUT2D eigenvalue weighted by Gasteiger charge is 2.17. The first-order chi connectivity index (χ1) is 12.8. The molecule has 2 rings (SSSR count). The van der Waals surface area contributed by atoms with Crippen molar-refractivity contribution in [3.8, 4) is 0 Å². The van der Waals surface area contributed by atoms with Gasteiger partial charge >= 0.3 is 0 Å². The Morgan fingerprint density at radius 3 is 1.54 bits per heavy atom. The molecule has 1 aliphatic heterocycles. The Labute approximate surface area is 166 Å². The molecule has 0 N–H and O–H groups in total. The molecule has 3 heteroatoms. The largest absolute Gasteiger partial charge is 0.381 e. The molecule has 1 saturated heterocycles. The summed E-state index contributed by atoms with van der Waals surface area (Å²) in [7, 11) is 5.22. The minimum Gasteiger partial charge on any atom is -0.381 e. The maximum atomic E-state index is 5.95. The Morgan fingerprint density at radius 2 is 0.923 bits per heavy atom. The van der Waals surface area contributed by atoms with Crippen molar-refractivity contribution in [1.82, 2.24) is 0 Å². The Kier molecular flexibility index (Phi) is 13.0. The summed E-state index contributed by atoms with van der Waals surface area (Å²) in [4.78, 5) is 0. The highest BCUT2D eigenvalue weighted by atomic mass is 16.5. The predicted octanol–water partition coefficient (Wildman–Crippen LogP) is 7.20. The van der Waals surface area contributed by atoms with Crippen LogP contribution in [0.15, 0.2) is 0 Å². The van der Waals surface area contributed by atoms with Crippen LogP contribution in [0, 0.1) is 5.92 Å². The van der Waals surface area contributed by atoms with Gasteiger partial charge in [0, 0.05) is 13.2 Å². The summed E-state index contributed by atoms with van der Waals surface area (Å²) in [6, 6.07) is 0. The molecule has 0 aromatic carbocycles. The topological polar surface area (TPSA) is 9.23 Å². The molecular weight excluding hydrogens is 314 g/mol. The summed E-state index contributed by atoms with van der Waals surface area (Å²) >= 11 is 0. The zero-order valence-electron chi connectivity index (χ0n) is 17.7. The second-order valence-corrected chi connectivity index (χ2v) is 9.24. The Balaban J connectivity index is 1.70. The average molecular weight is 358 g/mol. The second kappa shape index (κ2) is 15.1. The fourth-order valence-corrected chi connectivity index (χ4v) is 4.70. The standard InChI is InChI=1S/C23H44B2O/c1-21-13-9-8-12-16-23(18-20-26-19-17-21)25-24-22-14-10-6-4-2-3-5-7-11-15-22/h21-23H,2-20H2,1H3/t21?,23-/m0/s1. The fraction of sp³-hybridized carbons (Fsp3) is 1.00. The molecule has 1 aliphatic carbocycles. The van der Waals surface area contributed by atoms with Crippen LogP contribution in [-0.4, -0.2) is 27.6 Å². The molecule has 0 amide bonds. The van der Waals surface area contributed by atoms with Gasteiger partial charge in [0.1, 0.15) is 0 Å². The predicted molar refractivity (Wildman–Crippen MR) is 117 cm³/mol. The molecule has 1 saturated carbocycles. The van der Waals surface area contributed by atoms with Crippen molar-refractivity contribution in [2.45, 2.75) is 128 Å². The molecule has 2 radical (unpaired) electrons. The monoisotopic (exact) mass is 358 g/mol. The van der Waals surface area contributed by atoms with Gasteiger partial charge in [-0.05, 0) is 18.8 Å². The lowest BCUT2D eigenvalue weighted by Gasteiger charge is -2.22. The molecule has 0 spiro atoms. The van der Waals surface area contributed by atoms with Gasteiger partial charge in [0.25, 0.3) is 0 Å². The molecular formula is C23H44B2O. The first kappa shape index (κ1) is 22.4. The Bertz CT molecular complexity index is 297. The molecule has 2 aliphatic rings. The third-order valence-electron chi connectivity index (χ3n) is 6.72. The lowest BCUT2D eigenvalue weighted by atomic mass is 9.28. The van der Waals surface area contributed by atoms with E-state index < -0.39 is 0 Å². The number of hydrogen-bond acceptors (Lipinski definition) is 1. The zero-order valence-corrected chi connectivity index (χ0v) is 17.7. The van der Waals surface area contributed by atoms with E-state index in [2.05, 4.69) is 21.3 Å². The van der Waals surface area contributed by atoms with Gasteiger partial charge in [-0.2, -0.15) is 0 Å².